The Morgan fingerprint density at radius 3 is 2.61 bits per heavy atom. The summed E-state index contributed by atoms with van der Waals surface area (Å²) in [6.07, 6.45) is 1.38. The van der Waals surface area contributed by atoms with Crippen LogP contribution >= 0.6 is 0 Å². The van der Waals surface area contributed by atoms with Crippen molar-refractivity contribution in [2.24, 2.45) is 0 Å². The third kappa shape index (κ3) is 1.96. The van der Waals surface area contributed by atoms with Crippen LogP contribution in [0.5, 0.6) is 0 Å². The predicted molar refractivity (Wildman–Crippen MR) is 68.9 cm³/mol. The molecule has 1 N–H and O–H groups in total. The molecular formula is C13H17N3O2. The van der Waals surface area contributed by atoms with Gasteiger partial charge in [-0.1, -0.05) is 20.8 Å². The summed E-state index contributed by atoms with van der Waals surface area (Å²) >= 11 is 0. The number of pyridine rings is 1. The van der Waals surface area contributed by atoms with E-state index in [1.165, 1.54) is 6.20 Å². The fraction of sp³-hybridized carbons (Fsp3) is 0.462. The van der Waals surface area contributed by atoms with E-state index in [0.29, 0.717) is 5.52 Å². The van der Waals surface area contributed by atoms with Gasteiger partial charge in [-0.15, -0.1) is 0 Å². The highest BCUT2D eigenvalue weighted by atomic mass is 16.4. The second-order valence-electron chi connectivity index (χ2n) is 5.30. The molecule has 0 fully saturated rings. The first-order chi connectivity index (χ1) is 8.34. The summed E-state index contributed by atoms with van der Waals surface area (Å²) in [4.78, 5) is 19.7. The molecule has 18 heavy (non-hydrogen) atoms. The van der Waals surface area contributed by atoms with E-state index in [1.54, 1.807) is 6.07 Å². The van der Waals surface area contributed by atoms with Crippen LogP contribution in [-0.2, 0) is 12.0 Å². The van der Waals surface area contributed by atoms with E-state index >= 15 is 0 Å². The van der Waals surface area contributed by atoms with Gasteiger partial charge in [0.2, 0.25) is 0 Å². The number of carboxylic acids is 1. The number of nitrogens with zero attached hydrogens (tertiary/aromatic N) is 3. The second kappa shape index (κ2) is 4.08. The van der Waals surface area contributed by atoms with Crippen molar-refractivity contribution in [3.8, 4) is 0 Å². The van der Waals surface area contributed by atoms with Crippen molar-refractivity contribution in [2.45, 2.75) is 39.7 Å². The van der Waals surface area contributed by atoms with Gasteiger partial charge in [0, 0.05) is 18.2 Å². The maximum atomic E-state index is 10.9. The van der Waals surface area contributed by atoms with Gasteiger partial charge in [0.1, 0.15) is 11.3 Å². The molecule has 0 spiro atoms. The number of imidazole rings is 1. The lowest BCUT2D eigenvalue weighted by molar-refractivity contribution is 0.0696. The standard InChI is InChI=1S/C13H17N3O2/c1-5-16-10-9(15-12(16)13(2,3)4)6-8(7-14-10)11(17)18/h6-7H,5H2,1-4H3,(H,17,18). The monoisotopic (exact) mass is 247 g/mol. The average Bonchev–Trinajstić information content (AvgIpc) is 2.65. The smallest absolute Gasteiger partial charge is 0.337 e. The Balaban J connectivity index is 2.72. The Kier molecular flexibility index (Phi) is 2.84. The summed E-state index contributed by atoms with van der Waals surface area (Å²) < 4.78 is 2.03. The first-order valence-corrected chi connectivity index (χ1v) is 5.94. The number of hydrogen-bond acceptors (Lipinski definition) is 3. The lowest BCUT2D eigenvalue weighted by atomic mass is 9.96. The molecule has 0 bridgehead atoms. The van der Waals surface area contributed by atoms with E-state index in [9.17, 15) is 4.79 Å². The summed E-state index contributed by atoms with van der Waals surface area (Å²) in [5, 5.41) is 8.96. The fourth-order valence-electron chi connectivity index (χ4n) is 2.00. The molecule has 0 aromatic carbocycles. The second-order valence-corrected chi connectivity index (χ2v) is 5.30. The van der Waals surface area contributed by atoms with E-state index in [2.05, 4.69) is 30.7 Å². The van der Waals surface area contributed by atoms with E-state index in [1.807, 2.05) is 11.5 Å². The SMILES string of the molecule is CCn1c(C(C)(C)C)nc2cc(C(=O)O)cnc21. The molecule has 0 saturated heterocycles. The van der Waals surface area contributed by atoms with Crippen molar-refractivity contribution in [2.75, 3.05) is 0 Å². The van der Waals surface area contributed by atoms with Crippen LogP contribution in [0, 0.1) is 0 Å². The minimum absolute atomic E-state index is 0.0971. The minimum Gasteiger partial charge on any atom is -0.478 e. The highest BCUT2D eigenvalue weighted by molar-refractivity contribution is 5.90. The molecule has 5 heteroatoms. The fourth-order valence-corrected chi connectivity index (χ4v) is 2.00. The third-order valence-corrected chi connectivity index (χ3v) is 2.82. The number of aromatic nitrogens is 3. The van der Waals surface area contributed by atoms with Gasteiger partial charge in [-0.05, 0) is 13.0 Å². The Morgan fingerprint density at radius 2 is 2.11 bits per heavy atom. The first kappa shape index (κ1) is 12.5. The minimum atomic E-state index is -0.979. The van der Waals surface area contributed by atoms with Gasteiger partial charge < -0.3 is 9.67 Å². The predicted octanol–water partition coefficient (Wildman–Crippen LogP) is 2.45. The number of aromatic carboxylic acids is 1. The summed E-state index contributed by atoms with van der Waals surface area (Å²) in [5.41, 5.74) is 1.46. The van der Waals surface area contributed by atoms with Crippen LogP contribution in [0.4, 0.5) is 0 Å². The van der Waals surface area contributed by atoms with Gasteiger partial charge >= 0.3 is 5.97 Å². The van der Waals surface area contributed by atoms with Gasteiger partial charge in [-0.2, -0.15) is 0 Å². The van der Waals surface area contributed by atoms with Crippen LogP contribution in [0.2, 0.25) is 0 Å². The average molecular weight is 247 g/mol. The van der Waals surface area contributed by atoms with Crippen LogP contribution < -0.4 is 0 Å². The zero-order valence-corrected chi connectivity index (χ0v) is 11.1. The van der Waals surface area contributed by atoms with Crippen molar-refractivity contribution in [1.29, 1.82) is 0 Å². The molecular weight excluding hydrogens is 230 g/mol. The summed E-state index contributed by atoms with van der Waals surface area (Å²) in [5.74, 6) is -0.0530. The van der Waals surface area contributed by atoms with Crippen LogP contribution in [-0.4, -0.2) is 25.6 Å². The maximum Gasteiger partial charge on any atom is 0.337 e. The largest absolute Gasteiger partial charge is 0.478 e. The van der Waals surface area contributed by atoms with Gasteiger partial charge in [-0.3, -0.25) is 0 Å². The number of fused-ring (bicyclic) bond motifs is 1. The Labute approximate surface area is 105 Å². The molecule has 0 saturated carbocycles. The van der Waals surface area contributed by atoms with Crippen LogP contribution in [0.15, 0.2) is 12.3 Å². The van der Waals surface area contributed by atoms with Crippen molar-refractivity contribution in [3.63, 3.8) is 0 Å². The van der Waals surface area contributed by atoms with Crippen molar-refractivity contribution >= 4 is 17.1 Å². The van der Waals surface area contributed by atoms with Gasteiger partial charge in [0.25, 0.3) is 0 Å². The molecule has 0 aliphatic rings. The Morgan fingerprint density at radius 1 is 1.44 bits per heavy atom. The first-order valence-electron chi connectivity index (χ1n) is 5.94. The van der Waals surface area contributed by atoms with Crippen molar-refractivity contribution < 1.29 is 9.90 Å². The van der Waals surface area contributed by atoms with Crippen LogP contribution in [0.3, 0.4) is 0 Å². The number of rotatable bonds is 2. The van der Waals surface area contributed by atoms with Crippen molar-refractivity contribution in [3.05, 3.63) is 23.7 Å². The van der Waals surface area contributed by atoms with Crippen molar-refractivity contribution in [1.82, 2.24) is 14.5 Å². The van der Waals surface area contributed by atoms with Crippen LogP contribution in [0.25, 0.3) is 11.2 Å². The Bertz CT molecular complexity index is 608. The van der Waals surface area contributed by atoms with Gasteiger partial charge in [-0.25, -0.2) is 14.8 Å². The van der Waals surface area contributed by atoms with E-state index < -0.39 is 5.97 Å². The zero-order valence-electron chi connectivity index (χ0n) is 11.1. The number of carboxylic acid groups (broad SMARTS) is 1. The number of aryl methyl sites for hydroxylation is 1. The topological polar surface area (TPSA) is 68.0 Å². The van der Waals surface area contributed by atoms with Crippen LogP contribution in [0.1, 0.15) is 43.9 Å². The molecule has 0 aliphatic carbocycles. The lowest BCUT2D eigenvalue weighted by Gasteiger charge is -2.18. The number of carbonyl (C=O) groups is 1. The summed E-state index contributed by atoms with van der Waals surface area (Å²) in [6.45, 7) is 9.04. The lowest BCUT2D eigenvalue weighted by Crippen LogP contribution is -2.18. The van der Waals surface area contributed by atoms with Gasteiger partial charge in [0.15, 0.2) is 5.65 Å². The molecule has 2 rings (SSSR count). The highest BCUT2D eigenvalue weighted by Crippen LogP contribution is 2.25. The molecule has 0 amide bonds. The highest BCUT2D eigenvalue weighted by Gasteiger charge is 2.23. The molecule has 0 radical (unpaired) electrons. The van der Waals surface area contributed by atoms with E-state index in [0.717, 1.165) is 18.0 Å². The van der Waals surface area contributed by atoms with Gasteiger partial charge in [0.05, 0.1) is 5.56 Å². The van der Waals surface area contributed by atoms with E-state index in [4.69, 9.17) is 5.11 Å². The maximum absolute atomic E-state index is 10.9. The molecule has 0 atom stereocenters. The molecule has 2 aromatic heterocycles. The molecule has 0 unspecified atom stereocenters. The Hall–Kier alpha value is -1.91. The number of hydrogen-bond donors (Lipinski definition) is 1. The quantitative estimate of drug-likeness (QED) is 0.885. The zero-order chi connectivity index (χ0) is 13.5. The third-order valence-electron chi connectivity index (χ3n) is 2.82. The molecule has 0 aliphatic heterocycles. The van der Waals surface area contributed by atoms with E-state index in [-0.39, 0.29) is 11.0 Å². The summed E-state index contributed by atoms with van der Waals surface area (Å²) in [7, 11) is 0. The normalized spacial score (nSPS) is 12.0. The molecule has 5 nitrogen and oxygen atoms in total. The molecule has 2 aromatic rings. The molecule has 96 valence electrons. The summed E-state index contributed by atoms with van der Waals surface area (Å²) in [6, 6.07) is 1.58. The molecule has 2 heterocycles.